The Morgan fingerprint density at radius 1 is 1.30 bits per heavy atom. The van der Waals surface area contributed by atoms with Gasteiger partial charge in [-0.05, 0) is 33.0 Å². The summed E-state index contributed by atoms with van der Waals surface area (Å²) in [6.07, 6.45) is 3.46. The number of carbonyl (C=O) groups excluding carboxylic acids is 1. The fourth-order valence-electron chi connectivity index (χ4n) is 3.84. The lowest BCUT2D eigenvalue weighted by Crippen LogP contribution is -2.57. The van der Waals surface area contributed by atoms with Crippen molar-refractivity contribution in [1.82, 2.24) is 24.5 Å². The highest BCUT2D eigenvalue weighted by atomic mass is 16.5. The number of piperazine rings is 1. The first-order valence-corrected chi connectivity index (χ1v) is 11.2. The highest BCUT2D eigenvalue weighted by molar-refractivity contribution is 5.92. The van der Waals surface area contributed by atoms with Gasteiger partial charge in [-0.25, -0.2) is 9.98 Å². The molecule has 1 aliphatic heterocycles. The molecule has 3 rings (SSSR count). The number of aromatic nitrogens is 2. The van der Waals surface area contributed by atoms with Crippen molar-refractivity contribution in [3.05, 3.63) is 30.4 Å². The van der Waals surface area contributed by atoms with Crippen LogP contribution in [0.1, 0.15) is 19.5 Å². The molecule has 1 fully saturated rings. The van der Waals surface area contributed by atoms with Crippen LogP contribution >= 0.6 is 0 Å². The number of nitrogens with one attached hydrogen (secondary N) is 2. The summed E-state index contributed by atoms with van der Waals surface area (Å²) in [5.74, 6) is 0.186. The zero-order valence-electron chi connectivity index (χ0n) is 19.9. The Bertz CT molecular complexity index is 954. The van der Waals surface area contributed by atoms with Crippen LogP contribution < -0.4 is 16.4 Å². The molecule has 1 saturated heterocycles. The number of methoxy groups -OCH3 is 1. The highest BCUT2D eigenvalue weighted by Gasteiger charge is 2.29. The maximum absolute atomic E-state index is 13.0. The molecule has 11 nitrogen and oxygen atoms in total. The number of imidazole rings is 1. The molecule has 182 valence electrons. The van der Waals surface area contributed by atoms with Crippen LogP contribution in [-0.2, 0) is 16.1 Å². The molecule has 1 amide bonds. The molecular weight excluding hydrogens is 424 g/mol. The van der Waals surface area contributed by atoms with Gasteiger partial charge in [-0.15, -0.1) is 0 Å². The molecule has 1 aliphatic rings. The average molecular weight is 461 g/mol. The third kappa shape index (κ3) is 6.41. The average Bonchev–Trinajstić information content (AvgIpc) is 3.20. The molecule has 3 heterocycles. The van der Waals surface area contributed by atoms with E-state index in [1.165, 1.54) is 0 Å². The summed E-state index contributed by atoms with van der Waals surface area (Å²) in [4.78, 5) is 26.1. The number of likely N-dealkylation sites (N-methyl/N-ethyl adjacent to an activating group) is 1. The number of anilines is 1. The zero-order valence-corrected chi connectivity index (χ0v) is 19.9. The van der Waals surface area contributed by atoms with Gasteiger partial charge in [-0.1, -0.05) is 0 Å². The van der Waals surface area contributed by atoms with Crippen LogP contribution in [0, 0.1) is 0 Å². The molecule has 0 bridgehead atoms. The number of pyridine rings is 1. The summed E-state index contributed by atoms with van der Waals surface area (Å²) in [6.45, 7) is 7.58. The Morgan fingerprint density at radius 2 is 2.03 bits per heavy atom. The number of nitrogens with two attached hydrogens (primary N) is 1. The molecule has 0 aliphatic carbocycles. The maximum Gasteiger partial charge on any atom is 0.240 e. The fourth-order valence-corrected chi connectivity index (χ4v) is 3.84. The lowest BCUT2D eigenvalue weighted by molar-refractivity contribution is -0.130. The molecule has 11 heteroatoms. The van der Waals surface area contributed by atoms with Crippen molar-refractivity contribution < 1.29 is 14.6 Å². The van der Waals surface area contributed by atoms with E-state index in [4.69, 9.17) is 10.5 Å². The number of aliphatic hydroxyl groups is 1. The molecule has 5 N–H and O–H groups in total. The monoisotopic (exact) mass is 460 g/mol. The summed E-state index contributed by atoms with van der Waals surface area (Å²) in [5, 5.41) is 15.5. The topological polar surface area (TPSA) is 133 Å². The molecule has 1 unspecified atom stereocenters. The van der Waals surface area contributed by atoms with Crippen molar-refractivity contribution in [2.75, 3.05) is 52.3 Å². The SMILES string of the molecule is COC[C@H](C(=O)N[C@@H](C)C(C)N=C(N)Nc1ccc2c(CO)ncn2c1)N1CCN(C)CC1. The molecule has 0 spiro atoms. The summed E-state index contributed by atoms with van der Waals surface area (Å²) in [7, 11) is 3.70. The summed E-state index contributed by atoms with van der Waals surface area (Å²) < 4.78 is 7.13. The van der Waals surface area contributed by atoms with Crippen LogP contribution in [0.4, 0.5) is 5.69 Å². The number of aliphatic hydroxyl groups excluding tert-OH is 1. The van der Waals surface area contributed by atoms with Crippen molar-refractivity contribution in [3.8, 4) is 0 Å². The standard InChI is InChI=1S/C22H36N8O3/c1-15(25-21(32)20(13-33-4)29-9-7-28(3)8-10-29)16(2)26-22(23)27-17-5-6-19-18(12-31)24-14-30(19)11-17/h5-6,11,14-16,20,31H,7-10,12-13H2,1-4H3,(H,25,32)(H3,23,26,27)/t15-,16?,20+/m0/s1. The number of rotatable bonds is 9. The van der Waals surface area contributed by atoms with Gasteiger partial charge in [0.1, 0.15) is 6.04 Å². The highest BCUT2D eigenvalue weighted by Crippen LogP contribution is 2.14. The number of nitrogens with zero attached hydrogens (tertiary/aromatic N) is 5. The van der Waals surface area contributed by atoms with Crippen LogP contribution in [0.2, 0.25) is 0 Å². The van der Waals surface area contributed by atoms with Gasteiger partial charge >= 0.3 is 0 Å². The van der Waals surface area contributed by atoms with E-state index in [-0.39, 0.29) is 36.6 Å². The normalized spacial score (nSPS) is 18.8. The predicted octanol–water partition coefficient (Wildman–Crippen LogP) is -0.291. The maximum atomic E-state index is 13.0. The smallest absolute Gasteiger partial charge is 0.240 e. The van der Waals surface area contributed by atoms with Gasteiger partial charge in [-0.3, -0.25) is 9.69 Å². The Hall–Kier alpha value is -2.73. The predicted molar refractivity (Wildman–Crippen MR) is 128 cm³/mol. The fraction of sp³-hybridized carbons (Fsp3) is 0.591. The number of amides is 1. The van der Waals surface area contributed by atoms with Crippen LogP contribution in [0.15, 0.2) is 29.6 Å². The van der Waals surface area contributed by atoms with Gasteiger partial charge in [0.2, 0.25) is 5.91 Å². The largest absolute Gasteiger partial charge is 0.390 e. The second-order valence-corrected chi connectivity index (χ2v) is 8.55. The van der Waals surface area contributed by atoms with Crippen LogP contribution in [0.3, 0.4) is 0 Å². The molecule has 3 atom stereocenters. The summed E-state index contributed by atoms with van der Waals surface area (Å²) in [6, 6.07) is 2.92. The van der Waals surface area contributed by atoms with Crippen molar-refractivity contribution in [2.24, 2.45) is 10.7 Å². The lowest BCUT2D eigenvalue weighted by atomic mass is 10.1. The number of aliphatic imine (C=N–C) groups is 1. The zero-order chi connectivity index (χ0) is 24.0. The lowest BCUT2D eigenvalue weighted by Gasteiger charge is -2.37. The first-order chi connectivity index (χ1) is 15.8. The summed E-state index contributed by atoms with van der Waals surface area (Å²) >= 11 is 0. The minimum absolute atomic E-state index is 0.0623. The van der Waals surface area contributed by atoms with E-state index >= 15 is 0 Å². The van der Waals surface area contributed by atoms with E-state index in [1.807, 2.05) is 36.6 Å². The van der Waals surface area contributed by atoms with Gasteiger partial charge in [0.05, 0.1) is 42.5 Å². The van der Waals surface area contributed by atoms with Crippen LogP contribution in [-0.4, -0.2) is 101 Å². The quantitative estimate of drug-likeness (QED) is 0.296. The molecular formula is C22H36N8O3. The van der Waals surface area contributed by atoms with Gasteiger partial charge in [0.25, 0.3) is 0 Å². The minimum atomic E-state index is -0.330. The first-order valence-electron chi connectivity index (χ1n) is 11.2. The van der Waals surface area contributed by atoms with E-state index in [9.17, 15) is 9.90 Å². The Labute approximate surface area is 194 Å². The number of carbonyl (C=O) groups is 1. The number of fused-ring (bicyclic) bond motifs is 1. The second-order valence-electron chi connectivity index (χ2n) is 8.55. The molecule has 33 heavy (non-hydrogen) atoms. The Balaban J connectivity index is 1.58. The number of hydrogen-bond acceptors (Lipinski definition) is 7. The third-order valence-electron chi connectivity index (χ3n) is 6.08. The van der Waals surface area contributed by atoms with Gasteiger partial charge in [-0.2, -0.15) is 0 Å². The minimum Gasteiger partial charge on any atom is -0.390 e. The third-order valence-corrected chi connectivity index (χ3v) is 6.08. The Morgan fingerprint density at radius 3 is 2.70 bits per heavy atom. The number of hydrogen-bond donors (Lipinski definition) is 4. The van der Waals surface area contributed by atoms with Crippen molar-refractivity contribution >= 4 is 23.1 Å². The van der Waals surface area contributed by atoms with E-state index in [0.29, 0.717) is 12.3 Å². The van der Waals surface area contributed by atoms with E-state index in [2.05, 4.69) is 37.5 Å². The van der Waals surface area contributed by atoms with E-state index < -0.39 is 0 Å². The molecule has 2 aromatic rings. The summed E-state index contributed by atoms with van der Waals surface area (Å²) in [5.41, 5.74) is 8.30. The van der Waals surface area contributed by atoms with Gasteiger partial charge in [0, 0.05) is 45.5 Å². The van der Waals surface area contributed by atoms with E-state index in [0.717, 1.165) is 37.4 Å². The molecule has 2 aromatic heterocycles. The Kier molecular flexibility index (Phi) is 8.61. The molecule has 0 aromatic carbocycles. The first kappa shape index (κ1) is 24.9. The van der Waals surface area contributed by atoms with E-state index in [1.54, 1.807) is 13.4 Å². The van der Waals surface area contributed by atoms with Gasteiger partial charge < -0.3 is 35.5 Å². The second kappa shape index (κ2) is 11.4. The molecule has 0 radical (unpaired) electrons. The molecule has 0 saturated carbocycles. The van der Waals surface area contributed by atoms with Crippen LogP contribution in [0.25, 0.3) is 5.52 Å². The van der Waals surface area contributed by atoms with Crippen molar-refractivity contribution in [3.63, 3.8) is 0 Å². The number of ether oxygens (including phenoxy) is 1. The van der Waals surface area contributed by atoms with Crippen LogP contribution in [0.5, 0.6) is 0 Å². The van der Waals surface area contributed by atoms with Crippen molar-refractivity contribution in [1.29, 1.82) is 0 Å². The van der Waals surface area contributed by atoms with Gasteiger partial charge in [0.15, 0.2) is 5.96 Å². The number of guanidine groups is 1. The van der Waals surface area contributed by atoms with Crippen molar-refractivity contribution in [2.45, 2.75) is 38.6 Å².